The summed E-state index contributed by atoms with van der Waals surface area (Å²) in [4.78, 5) is 24.4. The monoisotopic (exact) mass is 377 g/mol. The molecule has 144 valence electrons. The smallest absolute Gasteiger partial charge is 0.343 e. The average molecular weight is 377 g/mol. The van der Waals surface area contributed by atoms with Crippen LogP contribution in [0.2, 0.25) is 0 Å². The van der Waals surface area contributed by atoms with Crippen LogP contribution in [0, 0.1) is 23.3 Å². The number of carbonyl (C=O) groups excluding carboxylic acids is 2. The summed E-state index contributed by atoms with van der Waals surface area (Å²) in [6.45, 7) is 4.44. The van der Waals surface area contributed by atoms with E-state index in [2.05, 4.69) is 5.32 Å². The highest BCUT2D eigenvalue weighted by Crippen LogP contribution is 2.22. The topological polar surface area (TPSA) is 75.6 Å². The molecule has 0 amide bonds. The molecular formula is C17H19F4NO4. The Morgan fingerprint density at radius 2 is 1.81 bits per heavy atom. The van der Waals surface area contributed by atoms with E-state index in [0.717, 1.165) is 6.20 Å². The fourth-order valence-electron chi connectivity index (χ4n) is 1.93. The lowest BCUT2D eigenvalue weighted by Crippen LogP contribution is -2.37. The van der Waals surface area contributed by atoms with Gasteiger partial charge in [0.2, 0.25) is 5.78 Å². The molecular weight excluding hydrogens is 358 g/mol. The van der Waals surface area contributed by atoms with Crippen LogP contribution in [0.4, 0.5) is 17.6 Å². The van der Waals surface area contributed by atoms with Crippen LogP contribution >= 0.6 is 0 Å². The van der Waals surface area contributed by atoms with E-state index in [0.29, 0.717) is 0 Å². The second kappa shape index (κ2) is 8.79. The Morgan fingerprint density at radius 3 is 2.35 bits per heavy atom. The molecule has 0 unspecified atom stereocenters. The second-order valence-electron chi connectivity index (χ2n) is 5.96. The summed E-state index contributed by atoms with van der Waals surface area (Å²) in [6.07, 6.45) is 1.15. The van der Waals surface area contributed by atoms with E-state index in [-0.39, 0.29) is 25.7 Å². The summed E-state index contributed by atoms with van der Waals surface area (Å²) in [5.41, 5.74) is -2.64. The van der Waals surface area contributed by atoms with E-state index >= 15 is 0 Å². The summed E-state index contributed by atoms with van der Waals surface area (Å²) in [6, 6.07) is 0.169. The summed E-state index contributed by atoms with van der Waals surface area (Å²) in [7, 11) is 0. The highest BCUT2D eigenvalue weighted by Gasteiger charge is 2.29. The molecule has 0 aliphatic rings. The fraction of sp³-hybridized carbons (Fsp3) is 0.412. The lowest BCUT2D eigenvalue weighted by molar-refractivity contribution is -0.138. The molecule has 0 bridgehead atoms. The van der Waals surface area contributed by atoms with Gasteiger partial charge in [0.1, 0.15) is 5.57 Å². The maximum absolute atomic E-state index is 13.9. The predicted molar refractivity (Wildman–Crippen MR) is 84.2 cm³/mol. The zero-order valence-electron chi connectivity index (χ0n) is 14.5. The van der Waals surface area contributed by atoms with Crippen molar-refractivity contribution in [2.75, 3.05) is 13.2 Å². The van der Waals surface area contributed by atoms with E-state index in [1.165, 1.54) is 6.92 Å². The van der Waals surface area contributed by atoms with E-state index in [9.17, 15) is 27.2 Å². The number of Topliss-reactive ketones (excluding diaryl/α,β-unsaturated/α-hetero) is 1. The molecule has 0 saturated heterocycles. The molecule has 0 atom stereocenters. The van der Waals surface area contributed by atoms with Crippen LogP contribution in [0.15, 0.2) is 17.8 Å². The van der Waals surface area contributed by atoms with E-state index < -0.39 is 51.7 Å². The molecule has 1 rings (SSSR count). The number of rotatable bonds is 8. The Hall–Kier alpha value is -2.42. The zero-order valence-corrected chi connectivity index (χ0v) is 14.5. The minimum atomic E-state index is -2.16. The Bertz CT molecular complexity index is 732. The number of ketones is 1. The molecule has 0 spiro atoms. The largest absolute Gasteiger partial charge is 0.462 e. The summed E-state index contributed by atoms with van der Waals surface area (Å²) < 4.78 is 58.4. The molecule has 0 saturated carbocycles. The van der Waals surface area contributed by atoms with Gasteiger partial charge in [-0.15, -0.1) is 0 Å². The fourth-order valence-corrected chi connectivity index (χ4v) is 1.93. The van der Waals surface area contributed by atoms with Crippen molar-refractivity contribution in [2.45, 2.75) is 32.7 Å². The van der Waals surface area contributed by atoms with Crippen LogP contribution in [-0.4, -0.2) is 35.6 Å². The number of esters is 1. The lowest BCUT2D eigenvalue weighted by atomic mass is 10.00. The third-order valence-electron chi connectivity index (χ3n) is 3.43. The maximum Gasteiger partial charge on any atom is 0.343 e. The average Bonchev–Trinajstić information content (AvgIpc) is 2.56. The highest BCUT2D eigenvalue weighted by molar-refractivity contribution is 6.24. The van der Waals surface area contributed by atoms with Crippen LogP contribution in [0.3, 0.4) is 0 Å². The molecule has 2 N–H and O–H groups in total. The number of hydrogen-bond acceptors (Lipinski definition) is 5. The number of benzene rings is 1. The van der Waals surface area contributed by atoms with Gasteiger partial charge < -0.3 is 15.2 Å². The van der Waals surface area contributed by atoms with Crippen LogP contribution in [0.5, 0.6) is 0 Å². The molecule has 0 aromatic heterocycles. The quantitative estimate of drug-likeness (QED) is 0.106. The molecule has 0 aliphatic carbocycles. The van der Waals surface area contributed by atoms with Gasteiger partial charge in [-0.25, -0.2) is 22.4 Å². The minimum Gasteiger partial charge on any atom is -0.462 e. The van der Waals surface area contributed by atoms with Crippen LogP contribution in [0.1, 0.15) is 37.6 Å². The standard InChI is InChI=1S/C17H19F4NO4/c1-4-26-16(25)10(8-22-17(2,3)5-6-23)15(24)9-7-11(18)13(20)14(21)12(9)19/h7-8,22-23H,4-6H2,1-3H3/b10-8-. The lowest BCUT2D eigenvalue weighted by Gasteiger charge is -2.24. The van der Waals surface area contributed by atoms with E-state index in [4.69, 9.17) is 9.84 Å². The van der Waals surface area contributed by atoms with E-state index in [1.54, 1.807) is 13.8 Å². The third kappa shape index (κ3) is 5.04. The Kier molecular flexibility index (Phi) is 7.31. The second-order valence-corrected chi connectivity index (χ2v) is 5.96. The van der Waals surface area contributed by atoms with Gasteiger partial charge in [0, 0.05) is 18.3 Å². The molecule has 1 aromatic rings. The molecule has 0 aliphatic heterocycles. The first-order chi connectivity index (χ1) is 12.1. The minimum absolute atomic E-state index is 0.113. The van der Waals surface area contributed by atoms with Gasteiger partial charge in [0.25, 0.3) is 0 Å². The molecule has 26 heavy (non-hydrogen) atoms. The SMILES string of the molecule is CCOC(=O)/C(=C\NC(C)(C)CCO)C(=O)c1cc(F)c(F)c(F)c1F. The third-order valence-corrected chi connectivity index (χ3v) is 3.43. The van der Waals surface area contributed by atoms with Crippen LogP contribution in [0.25, 0.3) is 0 Å². The van der Waals surface area contributed by atoms with Crippen molar-refractivity contribution in [3.63, 3.8) is 0 Å². The van der Waals surface area contributed by atoms with Crippen LogP contribution in [-0.2, 0) is 9.53 Å². The Balaban J connectivity index is 3.36. The first-order valence-electron chi connectivity index (χ1n) is 7.69. The zero-order chi connectivity index (χ0) is 20.1. The first-order valence-corrected chi connectivity index (χ1v) is 7.69. The summed E-state index contributed by atoms with van der Waals surface area (Å²) in [5, 5.41) is 11.7. The van der Waals surface area contributed by atoms with Gasteiger partial charge in [-0.3, -0.25) is 4.79 Å². The normalized spacial score (nSPS) is 12.1. The number of ether oxygens (including phenoxy) is 1. The molecule has 0 heterocycles. The number of carbonyl (C=O) groups is 2. The molecule has 5 nitrogen and oxygen atoms in total. The summed E-state index contributed by atoms with van der Waals surface area (Å²) in [5.74, 6) is -10.5. The van der Waals surface area contributed by atoms with Crippen molar-refractivity contribution in [1.29, 1.82) is 0 Å². The predicted octanol–water partition coefficient (Wildman–Crippen LogP) is 2.62. The van der Waals surface area contributed by atoms with Gasteiger partial charge in [-0.2, -0.15) is 0 Å². The van der Waals surface area contributed by atoms with Crippen LogP contribution < -0.4 is 5.32 Å². The van der Waals surface area contributed by atoms with E-state index in [1.807, 2.05) is 0 Å². The van der Waals surface area contributed by atoms with Crippen molar-refractivity contribution in [3.8, 4) is 0 Å². The summed E-state index contributed by atoms with van der Waals surface area (Å²) >= 11 is 0. The maximum atomic E-state index is 13.9. The molecule has 0 radical (unpaired) electrons. The van der Waals surface area contributed by atoms with Crippen molar-refractivity contribution < 1.29 is 37.0 Å². The van der Waals surface area contributed by atoms with Crippen molar-refractivity contribution in [1.82, 2.24) is 5.32 Å². The molecule has 9 heteroatoms. The van der Waals surface area contributed by atoms with Crippen molar-refractivity contribution in [2.24, 2.45) is 0 Å². The van der Waals surface area contributed by atoms with Crippen molar-refractivity contribution >= 4 is 11.8 Å². The van der Waals surface area contributed by atoms with Gasteiger partial charge in [0.15, 0.2) is 23.3 Å². The molecule has 0 fully saturated rings. The number of halogens is 4. The number of aliphatic hydroxyl groups is 1. The van der Waals surface area contributed by atoms with Gasteiger partial charge in [0.05, 0.1) is 12.2 Å². The first kappa shape index (κ1) is 21.6. The van der Waals surface area contributed by atoms with Crippen molar-refractivity contribution in [3.05, 3.63) is 46.7 Å². The Morgan fingerprint density at radius 1 is 1.19 bits per heavy atom. The van der Waals surface area contributed by atoms with Gasteiger partial charge in [-0.05, 0) is 33.3 Å². The Labute approximate surface area is 147 Å². The number of nitrogens with one attached hydrogen (secondary N) is 1. The number of aliphatic hydroxyl groups excluding tert-OH is 1. The van der Waals surface area contributed by atoms with Gasteiger partial charge in [-0.1, -0.05) is 0 Å². The highest BCUT2D eigenvalue weighted by atomic mass is 19.2. The number of hydrogen-bond donors (Lipinski definition) is 2. The van der Waals surface area contributed by atoms with Gasteiger partial charge >= 0.3 is 5.97 Å². The molecule has 1 aromatic carbocycles.